The highest BCUT2D eigenvalue weighted by molar-refractivity contribution is 9.10. The molecule has 49 heavy (non-hydrogen) atoms. The summed E-state index contributed by atoms with van der Waals surface area (Å²) in [7, 11) is 0. The van der Waals surface area contributed by atoms with Crippen LogP contribution in [-0.4, -0.2) is 35.3 Å². The second-order valence-corrected chi connectivity index (χ2v) is 13.4. The Morgan fingerprint density at radius 3 is 2.31 bits per heavy atom. The van der Waals surface area contributed by atoms with E-state index in [1.807, 2.05) is 72.8 Å². The normalized spacial score (nSPS) is 11.7. The fraction of sp³-hybridized carbons (Fsp3) is 0.108. The van der Waals surface area contributed by atoms with E-state index in [9.17, 15) is 19.2 Å². The summed E-state index contributed by atoms with van der Waals surface area (Å²) in [5, 5.41) is 9.97. The third kappa shape index (κ3) is 10.5. The summed E-state index contributed by atoms with van der Waals surface area (Å²) in [6.07, 6.45) is 1.64. The maximum absolute atomic E-state index is 13.5. The number of amides is 3. The van der Waals surface area contributed by atoms with Gasteiger partial charge in [-0.2, -0.15) is 0 Å². The predicted molar refractivity (Wildman–Crippen MR) is 197 cm³/mol. The molecule has 0 saturated carbocycles. The second kappa shape index (κ2) is 17.4. The van der Waals surface area contributed by atoms with Gasteiger partial charge in [-0.15, -0.1) is 23.1 Å². The van der Waals surface area contributed by atoms with Crippen molar-refractivity contribution in [1.29, 1.82) is 0 Å². The number of thioether (sulfide) groups is 1. The van der Waals surface area contributed by atoms with Gasteiger partial charge in [0.05, 0.1) is 18.7 Å². The number of rotatable bonds is 13. The number of halogens is 1. The Hall–Kier alpha value is -5.04. The Kier molecular flexibility index (Phi) is 12.5. The summed E-state index contributed by atoms with van der Waals surface area (Å²) in [6, 6.07) is 32.5. The van der Waals surface area contributed by atoms with Crippen LogP contribution in [0.25, 0.3) is 6.08 Å². The average molecular weight is 756 g/mol. The minimum absolute atomic E-state index is 0.0285. The molecule has 0 aliphatic heterocycles. The molecule has 0 radical (unpaired) electrons. The minimum Gasteiger partial charge on any atom is -0.466 e. The van der Waals surface area contributed by atoms with Gasteiger partial charge in [0.2, 0.25) is 5.91 Å². The number of carbonyl (C=O) groups excluding carboxylic acids is 4. The molecule has 9 nitrogen and oxygen atoms in total. The van der Waals surface area contributed by atoms with Gasteiger partial charge < -0.3 is 20.7 Å². The van der Waals surface area contributed by atoms with Crippen LogP contribution in [0.4, 0.5) is 10.8 Å². The molecule has 0 spiro atoms. The molecule has 4 aromatic carbocycles. The number of anilines is 2. The Labute approximate surface area is 300 Å². The SMILES string of the molecule is CCOC(=O)Cc1csc(NC(=O)C(Sc2ccc(NC(=O)/C(=C/c3cccc(Br)c3)NC(=O)c3ccccc3)cc2)c2ccccc2)n1. The summed E-state index contributed by atoms with van der Waals surface area (Å²) in [5.74, 6) is -1.57. The van der Waals surface area contributed by atoms with Gasteiger partial charge in [0.1, 0.15) is 10.9 Å². The third-order valence-corrected chi connectivity index (χ3v) is 9.37. The van der Waals surface area contributed by atoms with Crippen LogP contribution in [0.3, 0.4) is 0 Å². The van der Waals surface area contributed by atoms with E-state index in [0.717, 1.165) is 20.5 Å². The number of benzene rings is 4. The third-order valence-electron chi connectivity index (χ3n) is 6.81. The molecule has 3 amide bonds. The molecule has 1 unspecified atom stereocenters. The van der Waals surface area contributed by atoms with Crippen molar-refractivity contribution in [2.45, 2.75) is 23.5 Å². The lowest BCUT2D eigenvalue weighted by Gasteiger charge is -2.17. The lowest BCUT2D eigenvalue weighted by Crippen LogP contribution is -2.30. The van der Waals surface area contributed by atoms with E-state index in [2.05, 4.69) is 36.9 Å². The smallest absolute Gasteiger partial charge is 0.311 e. The Bertz CT molecular complexity index is 1950. The first-order valence-electron chi connectivity index (χ1n) is 15.1. The molecule has 5 aromatic rings. The first-order valence-corrected chi connectivity index (χ1v) is 17.7. The van der Waals surface area contributed by atoms with Crippen LogP contribution >= 0.6 is 39.0 Å². The zero-order chi connectivity index (χ0) is 34.6. The lowest BCUT2D eigenvalue weighted by molar-refractivity contribution is -0.142. The summed E-state index contributed by atoms with van der Waals surface area (Å²) >= 11 is 6.02. The van der Waals surface area contributed by atoms with Gasteiger partial charge in [-0.05, 0) is 72.7 Å². The molecule has 0 aliphatic carbocycles. The highest BCUT2D eigenvalue weighted by Crippen LogP contribution is 2.37. The number of thiazole rings is 1. The Morgan fingerprint density at radius 1 is 0.898 bits per heavy atom. The van der Waals surface area contributed by atoms with E-state index in [1.54, 1.807) is 54.8 Å². The van der Waals surface area contributed by atoms with Gasteiger partial charge in [-0.3, -0.25) is 19.2 Å². The van der Waals surface area contributed by atoms with Crippen molar-refractivity contribution in [3.63, 3.8) is 0 Å². The first-order chi connectivity index (χ1) is 23.8. The molecule has 0 aliphatic rings. The molecule has 0 bridgehead atoms. The number of aromatic nitrogens is 1. The van der Waals surface area contributed by atoms with Crippen molar-refractivity contribution in [2.24, 2.45) is 0 Å². The fourth-order valence-corrected chi connectivity index (χ4v) is 6.69. The Balaban J connectivity index is 1.29. The zero-order valence-corrected chi connectivity index (χ0v) is 29.4. The number of nitrogens with one attached hydrogen (secondary N) is 3. The van der Waals surface area contributed by atoms with Crippen molar-refractivity contribution in [2.75, 3.05) is 17.2 Å². The van der Waals surface area contributed by atoms with Crippen LogP contribution in [0, 0.1) is 0 Å². The molecule has 248 valence electrons. The highest BCUT2D eigenvalue weighted by atomic mass is 79.9. The summed E-state index contributed by atoms with van der Waals surface area (Å²) < 4.78 is 5.82. The first kappa shape index (κ1) is 35.3. The molecule has 12 heteroatoms. The molecule has 5 rings (SSSR count). The highest BCUT2D eigenvalue weighted by Gasteiger charge is 2.24. The summed E-state index contributed by atoms with van der Waals surface area (Å²) in [5.41, 5.74) is 3.02. The fourth-order valence-electron chi connectivity index (χ4n) is 4.53. The lowest BCUT2D eigenvalue weighted by atomic mass is 10.1. The largest absolute Gasteiger partial charge is 0.466 e. The standard InChI is InChI=1S/C37H31BrN4O5S2/c1-2-47-32(43)22-29-23-48-37(40-29)42-36(46)33(25-11-5-3-6-12-25)49-30-18-16-28(17-19-30)39-35(45)31(21-24-10-9-15-27(38)20-24)41-34(44)26-13-7-4-8-14-26/h3-21,23,33H,2,22H2,1H3,(H,39,45)(H,41,44)(H,40,42,46)/b31-21-. The van der Waals surface area contributed by atoms with Crippen LogP contribution in [0.5, 0.6) is 0 Å². The van der Waals surface area contributed by atoms with E-state index in [1.165, 1.54) is 23.1 Å². The van der Waals surface area contributed by atoms with Gasteiger partial charge in [-0.25, -0.2) is 4.98 Å². The van der Waals surface area contributed by atoms with Crippen molar-refractivity contribution < 1.29 is 23.9 Å². The Morgan fingerprint density at radius 2 is 1.61 bits per heavy atom. The molecule has 1 aromatic heterocycles. The number of ether oxygens (including phenoxy) is 1. The van der Waals surface area contributed by atoms with Crippen LogP contribution in [0.2, 0.25) is 0 Å². The number of hydrogen-bond acceptors (Lipinski definition) is 8. The molecule has 3 N–H and O–H groups in total. The van der Waals surface area contributed by atoms with Crippen LogP contribution in [0.1, 0.15) is 39.4 Å². The van der Waals surface area contributed by atoms with Crippen LogP contribution < -0.4 is 16.0 Å². The molecule has 1 atom stereocenters. The predicted octanol–water partition coefficient (Wildman–Crippen LogP) is 7.89. The van der Waals surface area contributed by atoms with Gasteiger partial charge in [0.25, 0.3) is 11.8 Å². The van der Waals surface area contributed by atoms with E-state index in [0.29, 0.717) is 22.1 Å². The number of nitrogens with zero attached hydrogens (tertiary/aromatic N) is 1. The second-order valence-electron chi connectivity index (χ2n) is 10.4. The minimum atomic E-state index is -0.619. The van der Waals surface area contributed by atoms with Crippen molar-refractivity contribution in [1.82, 2.24) is 10.3 Å². The number of esters is 1. The van der Waals surface area contributed by atoms with Gasteiger partial charge in [0, 0.05) is 26.0 Å². The molecular weight excluding hydrogens is 724 g/mol. The topological polar surface area (TPSA) is 126 Å². The quantitative estimate of drug-likeness (QED) is 0.0634. The monoisotopic (exact) mass is 754 g/mol. The summed E-state index contributed by atoms with van der Waals surface area (Å²) in [4.78, 5) is 57.0. The van der Waals surface area contributed by atoms with Crippen LogP contribution in [-0.2, 0) is 25.5 Å². The van der Waals surface area contributed by atoms with Crippen molar-refractivity contribution in [3.8, 4) is 0 Å². The average Bonchev–Trinajstić information content (AvgIpc) is 3.54. The van der Waals surface area contributed by atoms with Crippen molar-refractivity contribution in [3.05, 3.63) is 147 Å². The molecule has 0 saturated heterocycles. The maximum Gasteiger partial charge on any atom is 0.311 e. The molecular formula is C37H31BrN4O5S2. The molecule has 1 heterocycles. The number of hydrogen-bond donors (Lipinski definition) is 3. The number of carbonyl (C=O) groups is 4. The zero-order valence-electron chi connectivity index (χ0n) is 26.2. The van der Waals surface area contributed by atoms with Gasteiger partial charge in [0.15, 0.2) is 5.13 Å². The van der Waals surface area contributed by atoms with E-state index in [-0.39, 0.29) is 30.6 Å². The van der Waals surface area contributed by atoms with E-state index in [4.69, 9.17) is 4.74 Å². The van der Waals surface area contributed by atoms with E-state index < -0.39 is 17.1 Å². The molecule has 0 fully saturated rings. The van der Waals surface area contributed by atoms with Gasteiger partial charge >= 0.3 is 5.97 Å². The van der Waals surface area contributed by atoms with Gasteiger partial charge in [-0.1, -0.05) is 76.6 Å². The van der Waals surface area contributed by atoms with Crippen LogP contribution in [0.15, 0.2) is 130 Å². The maximum atomic E-state index is 13.5. The summed E-state index contributed by atoms with van der Waals surface area (Å²) in [6.45, 7) is 2.03. The van der Waals surface area contributed by atoms with Crippen molar-refractivity contribution >= 4 is 79.6 Å². The van der Waals surface area contributed by atoms with E-state index >= 15 is 0 Å².